The Morgan fingerprint density at radius 1 is 1.20 bits per heavy atom. The van der Waals surface area contributed by atoms with Crippen molar-refractivity contribution in [1.29, 1.82) is 0 Å². The van der Waals surface area contributed by atoms with Gasteiger partial charge in [-0.3, -0.25) is 0 Å². The maximum Gasteiger partial charge on any atom is 0.0848 e. The molecule has 2 nitrogen and oxygen atoms in total. The summed E-state index contributed by atoms with van der Waals surface area (Å²) in [7, 11) is 0.216. The van der Waals surface area contributed by atoms with Crippen LogP contribution in [0.15, 0.2) is 0 Å². The molecule has 2 aliphatic heterocycles. The second kappa shape index (κ2) is 2.77. The van der Waals surface area contributed by atoms with Gasteiger partial charge in [0.1, 0.15) is 0 Å². The van der Waals surface area contributed by atoms with E-state index < -0.39 is 0 Å². The molecule has 3 heteroatoms. The second-order valence-corrected chi connectivity index (χ2v) is 5.57. The minimum Gasteiger partial charge on any atom is -0.373 e. The number of epoxide rings is 2. The Morgan fingerprint density at radius 2 is 1.60 bits per heavy atom. The van der Waals surface area contributed by atoms with Crippen LogP contribution in [0.3, 0.4) is 0 Å². The van der Waals surface area contributed by atoms with Gasteiger partial charge < -0.3 is 9.47 Å². The minimum atomic E-state index is 0.216. The summed E-state index contributed by atoms with van der Waals surface area (Å²) in [5.74, 6) is 0. The van der Waals surface area contributed by atoms with Gasteiger partial charge in [0, 0.05) is 0 Å². The molecule has 58 valence electrons. The number of hydrogen-bond acceptors (Lipinski definition) is 2. The molecule has 2 atom stereocenters. The predicted octanol–water partition coefficient (Wildman–Crippen LogP) is 0.896. The standard InChI is InChI=1S/C7H13O2P/c1-10(4-6-2-8-6)5-7-3-9-7/h6-7H,2-5H2,1H3. The monoisotopic (exact) mass is 160 g/mol. The van der Waals surface area contributed by atoms with Crippen molar-refractivity contribution in [2.45, 2.75) is 12.2 Å². The van der Waals surface area contributed by atoms with Crippen molar-refractivity contribution >= 4 is 7.92 Å². The average Bonchev–Trinajstić information content (AvgIpc) is 2.59. The van der Waals surface area contributed by atoms with E-state index in [0.717, 1.165) is 13.2 Å². The van der Waals surface area contributed by atoms with E-state index in [2.05, 4.69) is 6.66 Å². The first-order valence-electron chi connectivity index (χ1n) is 3.76. The third kappa shape index (κ3) is 2.19. The Balaban J connectivity index is 1.60. The van der Waals surface area contributed by atoms with Crippen LogP contribution < -0.4 is 0 Å². The molecular formula is C7H13O2P. The molecule has 2 heterocycles. The zero-order valence-corrected chi connectivity index (χ0v) is 7.14. The summed E-state index contributed by atoms with van der Waals surface area (Å²) >= 11 is 0. The lowest BCUT2D eigenvalue weighted by atomic mass is 10.6. The topological polar surface area (TPSA) is 25.1 Å². The SMILES string of the molecule is CP(CC1CO1)CC1CO1. The third-order valence-electron chi connectivity index (χ3n) is 1.84. The van der Waals surface area contributed by atoms with Gasteiger partial charge in [-0.1, -0.05) is 0 Å². The van der Waals surface area contributed by atoms with Crippen LogP contribution in [0.25, 0.3) is 0 Å². The highest BCUT2D eigenvalue weighted by Crippen LogP contribution is 2.38. The Kier molecular flexibility index (Phi) is 1.94. The highest BCUT2D eigenvalue weighted by atomic mass is 31.1. The minimum absolute atomic E-state index is 0.216. The summed E-state index contributed by atoms with van der Waals surface area (Å²) in [6.45, 7) is 4.37. The van der Waals surface area contributed by atoms with E-state index in [0.29, 0.717) is 12.2 Å². The van der Waals surface area contributed by atoms with Crippen molar-refractivity contribution < 1.29 is 9.47 Å². The molecule has 0 radical (unpaired) electrons. The van der Waals surface area contributed by atoms with Gasteiger partial charge >= 0.3 is 0 Å². The first kappa shape index (κ1) is 7.02. The van der Waals surface area contributed by atoms with Crippen molar-refractivity contribution in [3.63, 3.8) is 0 Å². The zero-order chi connectivity index (χ0) is 6.97. The van der Waals surface area contributed by atoms with Crippen LogP contribution in [0.1, 0.15) is 0 Å². The van der Waals surface area contributed by atoms with Gasteiger partial charge in [-0.15, -0.1) is 7.92 Å². The van der Waals surface area contributed by atoms with Crippen molar-refractivity contribution in [3.05, 3.63) is 0 Å². The molecule has 2 rings (SSSR count). The van der Waals surface area contributed by atoms with Gasteiger partial charge in [-0.05, 0) is 19.0 Å². The largest absolute Gasteiger partial charge is 0.373 e. The van der Waals surface area contributed by atoms with E-state index in [-0.39, 0.29) is 7.92 Å². The Hall–Kier alpha value is 0.350. The molecule has 0 amide bonds. The molecular weight excluding hydrogens is 147 g/mol. The molecule has 0 aliphatic carbocycles. The molecule has 2 aliphatic rings. The lowest BCUT2D eigenvalue weighted by Crippen LogP contribution is -1.99. The Labute approximate surface area is 62.6 Å². The van der Waals surface area contributed by atoms with E-state index in [1.807, 2.05) is 0 Å². The lowest BCUT2D eigenvalue weighted by molar-refractivity contribution is 0.421. The van der Waals surface area contributed by atoms with Gasteiger partial charge in [0.25, 0.3) is 0 Å². The van der Waals surface area contributed by atoms with Crippen LogP contribution in [-0.4, -0.2) is 44.4 Å². The summed E-state index contributed by atoms with van der Waals surface area (Å²) in [5.41, 5.74) is 0. The number of rotatable bonds is 4. The van der Waals surface area contributed by atoms with E-state index in [1.165, 1.54) is 12.3 Å². The van der Waals surface area contributed by atoms with Crippen LogP contribution in [0.2, 0.25) is 0 Å². The molecule has 10 heavy (non-hydrogen) atoms. The Bertz CT molecular complexity index is 107. The molecule has 0 N–H and O–H groups in total. The quantitative estimate of drug-likeness (QED) is 0.451. The van der Waals surface area contributed by atoms with Crippen LogP contribution in [0.4, 0.5) is 0 Å². The predicted molar refractivity (Wildman–Crippen MR) is 42.1 cm³/mol. The van der Waals surface area contributed by atoms with Crippen LogP contribution in [0.5, 0.6) is 0 Å². The average molecular weight is 160 g/mol. The van der Waals surface area contributed by atoms with Gasteiger partial charge in [-0.2, -0.15) is 0 Å². The maximum atomic E-state index is 5.16. The van der Waals surface area contributed by atoms with Gasteiger partial charge in [0.05, 0.1) is 25.4 Å². The normalized spacial score (nSPS) is 39.3. The first-order chi connectivity index (χ1) is 4.84. The fourth-order valence-electron chi connectivity index (χ4n) is 1.12. The van der Waals surface area contributed by atoms with Gasteiger partial charge in [-0.25, -0.2) is 0 Å². The lowest BCUT2D eigenvalue weighted by Gasteiger charge is -2.06. The van der Waals surface area contributed by atoms with Gasteiger partial charge in [0.15, 0.2) is 0 Å². The highest BCUT2D eigenvalue weighted by molar-refractivity contribution is 7.56. The van der Waals surface area contributed by atoms with E-state index in [4.69, 9.17) is 9.47 Å². The second-order valence-electron chi connectivity index (χ2n) is 3.13. The number of hydrogen-bond donors (Lipinski definition) is 0. The number of ether oxygens (including phenoxy) is 2. The van der Waals surface area contributed by atoms with Crippen molar-refractivity contribution in [3.8, 4) is 0 Å². The highest BCUT2D eigenvalue weighted by Gasteiger charge is 2.29. The fraction of sp³-hybridized carbons (Fsp3) is 1.00. The molecule has 0 bridgehead atoms. The smallest absolute Gasteiger partial charge is 0.0848 e. The van der Waals surface area contributed by atoms with Crippen LogP contribution in [-0.2, 0) is 9.47 Å². The summed E-state index contributed by atoms with van der Waals surface area (Å²) in [6, 6.07) is 0. The Morgan fingerprint density at radius 3 is 1.90 bits per heavy atom. The molecule has 0 saturated carbocycles. The van der Waals surface area contributed by atoms with E-state index >= 15 is 0 Å². The van der Waals surface area contributed by atoms with Crippen molar-refractivity contribution in [2.75, 3.05) is 32.2 Å². The molecule has 0 aromatic carbocycles. The first-order valence-corrected chi connectivity index (χ1v) is 5.92. The fourth-order valence-corrected chi connectivity index (χ4v) is 3.08. The molecule has 2 saturated heterocycles. The molecule has 0 aromatic rings. The third-order valence-corrected chi connectivity index (χ3v) is 3.90. The van der Waals surface area contributed by atoms with Crippen LogP contribution >= 0.6 is 7.92 Å². The summed E-state index contributed by atoms with van der Waals surface area (Å²) < 4.78 is 10.3. The van der Waals surface area contributed by atoms with E-state index in [9.17, 15) is 0 Å². The molecule has 0 spiro atoms. The van der Waals surface area contributed by atoms with Crippen LogP contribution in [0, 0.1) is 0 Å². The summed E-state index contributed by atoms with van der Waals surface area (Å²) in [4.78, 5) is 0. The summed E-state index contributed by atoms with van der Waals surface area (Å²) in [6.07, 6.45) is 3.84. The van der Waals surface area contributed by atoms with Crippen molar-refractivity contribution in [2.24, 2.45) is 0 Å². The molecule has 2 unspecified atom stereocenters. The molecule has 2 fully saturated rings. The van der Waals surface area contributed by atoms with Gasteiger partial charge in [0.2, 0.25) is 0 Å². The summed E-state index contributed by atoms with van der Waals surface area (Å²) in [5, 5.41) is 0. The zero-order valence-electron chi connectivity index (χ0n) is 6.25. The maximum absolute atomic E-state index is 5.16. The molecule has 0 aromatic heterocycles. The van der Waals surface area contributed by atoms with Crippen molar-refractivity contribution in [1.82, 2.24) is 0 Å². The van der Waals surface area contributed by atoms with E-state index in [1.54, 1.807) is 0 Å².